The van der Waals surface area contributed by atoms with Crippen LogP contribution in [0.5, 0.6) is 0 Å². The van der Waals surface area contributed by atoms with Crippen molar-refractivity contribution in [2.24, 2.45) is 19.8 Å². The van der Waals surface area contributed by atoms with Gasteiger partial charge in [-0.15, -0.1) is 0 Å². The number of hydrogen-bond donors (Lipinski definition) is 5. The van der Waals surface area contributed by atoms with Crippen LogP contribution in [0.2, 0.25) is 5.15 Å². The van der Waals surface area contributed by atoms with E-state index in [-0.39, 0.29) is 41.4 Å². The van der Waals surface area contributed by atoms with Crippen LogP contribution in [0.4, 0.5) is 46.2 Å². The van der Waals surface area contributed by atoms with E-state index in [4.69, 9.17) is 84.8 Å². The molecule has 2 aliphatic rings. The van der Waals surface area contributed by atoms with E-state index in [1.54, 1.807) is 57.3 Å². The fourth-order valence-electron chi connectivity index (χ4n) is 11.8. The number of aryl methyl sites for hydroxylation is 4. The molecule has 9 heterocycles. The molecule has 0 saturated carbocycles. The number of nitro groups is 3. The molecule has 0 spiro atoms. The van der Waals surface area contributed by atoms with Crippen molar-refractivity contribution in [2.45, 2.75) is 26.4 Å². The number of methoxy groups -OCH3 is 4. The molecule has 16 rings (SSSR count). The minimum atomic E-state index is -1.09. The molecular weight excluding hydrogens is 1600 g/mol. The zero-order valence-corrected chi connectivity index (χ0v) is 68.2. The average Bonchev–Trinajstić information content (AvgIpc) is 1.64. The van der Waals surface area contributed by atoms with E-state index < -0.39 is 27.0 Å². The number of nitrogen functional groups attached to an aromatic ring is 1. The quantitative estimate of drug-likeness (QED) is 0.0147. The number of nitrogens with two attached hydrogens (primary N) is 2. The number of hydrogen-bond acceptors (Lipinski definition) is 31. The molecule has 14 aromatic rings. The predicted molar refractivity (Wildman–Crippen MR) is 454 cm³/mol. The maximum Gasteiger partial charge on any atom is 0.335 e. The van der Waals surface area contributed by atoms with Crippen molar-refractivity contribution in [3.63, 3.8) is 0 Å². The Labute approximate surface area is 702 Å². The predicted octanol–water partition coefficient (Wildman–Crippen LogP) is 13.4. The molecule has 122 heavy (non-hydrogen) atoms. The van der Waals surface area contributed by atoms with Crippen LogP contribution >= 0.6 is 11.6 Å². The maximum atomic E-state index is 11.7. The first-order valence-electron chi connectivity index (χ1n) is 37.4. The number of carbonyl (C=O) groups excluding carboxylic acids is 1. The molecule has 0 unspecified atom stereocenters. The van der Waals surface area contributed by atoms with Crippen molar-refractivity contribution < 1.29 is 71.1 Å². The number of non-ortho nitro benzene ring substituents is 3. The molecule has 0 aliphatic carbocycles. The summed E-state index contributed by atoms with van der Waals surface area (Å²) >= 11 is 6.25. The lowest BCUT2D eigenvalue weighted by molar-refractivity contribution is -0.385. The highest BCUT2D eigenvalue weighted by Gasteiger charge is 2.21. The number of nitrogens with zero attached hydrogens (tertiary/aromatic N) is 16. The van der Waals surface area contributed by atoms with E-state index in [9.17, 15) is 39.9 Å². The van der Waals surface area contributed by atoms with Crippen LogP contribution in [0.25, 0.3) is 78.7 Å². The number of carboxylic acid groups (broad SMARTS) is 1. The van der Waals surface area contributed by atoms with Crippen LogP contribution in [0, 0.1) is 44.2 Å². The van der Waals surface area contributed by atoms with Gasteiger partial charge < -0.3 is 78.7 Å². The summed E-state index contributed by atoms with van der Waals surface area (Å²) in [5, 5.41) is 57.2. The number of carbonyl (C=O) groups is 2. The number of nitrogens with one attached hydrogen (secondary N) is 2. The fourth-order valence-corrected chi connectivity index (χ4v) is 12.0. The zero-order chi connectivity index (χ0) is 87.2. The lowest BCUT2D eigenvalue weighted by Crippen LogP contribution is -2.37. The Morgan fingerprint density at radius 2 is 0.902 bits per heavy atom. The number of aromatic carboxylic acids is 1. The van der Waals surface area contributed by atoms with Crippen molar-refractivity contribution >= 4 is 91.4 Å². The standard InChI is InChI=1S/C26H25N7O2.C17H18ClN5O.C11H14N2O5.C9H6N2O3.C9H8N2O.C7H5NO4.C4H11NO2/c1-17-21-8-5-19(15-23(21)32(2)31-17)22-16-24(30-26(29-22)33-10-13-34-14-11-33)28-20-6-3-18(4-7-20)25-27-9-12-35-25;1-11-13-4-3-12(9-15(13)22(2)21-11)14-10-16(18)20-17(19-14)23-5-7-24-8-6-23;1-17-10(18-2)7-12-11(14)8-3-5-9(6-4-8)13(15)16;12-11(13)8-3-1-7(2-4-8)9-10-5-6-14-9;10-8-3-1-7(2-4-8)9-11-5-6-12-9;9-7(10)5-1-3-6(4-2-5)8(11)12;1-6-4(3-5)7-2/h3-9,12,15-16H,10-11,13-14H2,1-2H3,(H,28,29,30);3-4,9-10H,5-8H2,1-2H3;3-6,10H,7H2,1-2H3,(H,12,14);1-6H;1-6H,10H2;1-4H,(H,9,10);4H,3,5H2,1-2H3. The van der Waals surface area contributed by atoms with Crippen LogP contribution in [0.3, 0.4) is 0 Å². The Kier molecular flexibility index (Phi) is 32.8. The van der Waals surface area contributed by atoms with E-state index >= 15 is 0 Å². The number of anilines is 5. The van der Waals surface area contributed by atoms with Gasteiger partial charge in [-0.05, 0) is 111 Å². The Hall–Kier alpha value is -14.4. The number of ether oxygens (including phenoxy) is 6. The van der Waals surface area contributed by atoms with Crippen LogP contribution in [-0.2, 0) is 42.5 Å². The first kappa shape index (κ1) is 90.0. The molecule has 2 aliphatic heterocycles. The van der Waals surface area contributed by atoms with E-state index in [0.29, 0.717) is 73.3 Å². The molecule has 7 N–H and O–H groups in total. The largest absolute Gasteiger partial charge is 0.478 e. The summed E-state index contributed by atoms with van der Waals surface area (Å²) in [5.41, 5.74) is 23.0. The number of fused-ring (bicyclic) bond motifs is 2. The number of halogens is 1. The topological polar surface area (TPSA) is 487 Å². The molecule has 38 nitrogen and oxygen atoms in total. The highest BCUT2D eigenvalue weighted by Crippen LogP contribution is 2.32. The second-order valence-corrected chi connectivity index (χ2v) is 26.6. The van der Waals surface area contributed by atoms with Crippen LogP contribution in [0.15, 0.2) is 220 Å². The first-order valence-corrected chi connectivity index (χ1v) is 37.8. The van der Waals surface area contributed by atoms with Gasteiger partial charge in [-0.2, -0.15) is 15.2 Å². The molecule has 7 aromatic carbocycles. The molecule has 2 saturated heterocycles. The molecule has 0 bridgehead atoms. The van der Waals surface area contributed by atoms with Crippen molar-refractivity contribution in [1.82, 2.24) is 59.8 Å². The number of rotatable bonds is 21. The van der Waals surface area contributed by atoms with E-state index in [2.05, 4.69) is 87.0 Å². The Morgan fingerprint density at radius 1 is 0.516 bits per heavy atom. The molecule has 0 atom stereocenters. The molecule has 0 radical (unpaired) electrons. The number of oxazole rings is 3. The summed E-state index contributed by atoms with van der Waals surface area (Å²) in [6, 6.07) is 47.7. The minimum Gasteiger partial charge on any atom is -0.478 e. The van der Waals surface area contributed by atoms with E-state index in [0.717, 1.165) is 128 Å². The van der Waals surface area contributed by atoms with Gasteiger partial charge in [-0.25, -0.2) is 34.7 Å². The molecule has 39 heteroatoms. The van der Waals surface area contributed by atoms with Gasteiger partial charge in [0.1, 0.15) is 29.8 Å². The minimum absolute atomic E-state index is 0.0422. The number of amides is 1. The lowest BCUT2D eigenvalue weighted by atomic mass is 10.1. The Bertz CT molecular complexity index is 5660. The van der Waals surface area contributed by atoms with Gasteiger partial charge in [0.2, 0.25) is 29.6 Å². The molecule has 1 amide bonds. The Morgan fingerprint density at radius 3 is 1.29 bits per heavy atom. The highest BCUT2D eigenvalue weighted by atomic mass is 35.5. The smallest absolute Gasteiger partial charge is 0.335 e. The fraction of sp³-hybridized carbons (Fsp3) is 0.241. The summed E-state index contributed by atoms with van der Waals surface area (Å²) in [4.78, 5) is 86.7. The van der Waals surface area contributed by atoms with Crippen molar-refractivity contribution in [3.8, 4) is 56.9 Å². The van der Waals surface area contributed by atoms with Gasteiger partial charge in [0, 0.05) is 179 Å². The third kappa shape index (κ3) is 25.3. The summed E-state index contributed by atoms with van der Waals surface area (Å²) in [6.07, 6.45) is 8.60. The van der Waals surface area contributed by atoms with Crippen LogP contribution < -0.4 is 31.9 Å². The summed E-state index contributed by atoms with van der Waals surface area (Å²) < 4.78 is 49.5. The van der Waals surface area contributed by atoms with Gasteiger partial charge in [-0.1, -0.05) is 35.9 Å². The molecule has 2 fully saturated rings. The van der Waals surface area contributed by atoms with E-state index in [1.807, 2.05) is 91.9 Å². The third-order valence-electron chi connectivity index (χ3n) is 18.2. The summed E-state index contributed by atoms with van der Waals surface area (Å²) in [6.45, 7) is 10.4. The van der Waals surface area contributed by atoms with Crippen LogP contribution in [-0.4, -0.2) is 193 Å². The van der Waals surface area contributed by atoms with Gasteiger partial charge in [0.05, 0.1) is 106 Å². The number of aromatic nitrogens is 11. The number of carboxylic acids is 1. The lowest BCUT2D eigenvalue weighted by Gasteiger charge is -2.27. The average molecular weight is 1690 g/mol. The van der Waals surface area contributed by atoms with Crippen molar-refractivity contribution in [1.29, 1.82) is 0 Å². The number of nitro benzene ring substituents is 3. The normalized spacial score (nSPS) is 12.2. The molecule has 7 aromatic heterocycles. The monoisotopic (exact) mass is 1690 g/mol. The van der Waals surface area contributed by atoms with Gasteiger partial charge in [-0.3, -0.25) is 44.5 Å². The summed E-state index contributed by atoms with van der Waals surface area (Å²) in [5.74, 6) is 2.30. The number of morpholine rings is 2. The highest BCUT2D eigenvalue weighted by molar-refractivity contribution is 6.29. The van der Waals surface area contributed by atoms with Crippen molar-refractivity contribution in [2.75, 3.05) is 115 Å². The van der Waals surface area contributed by atoms with Gasteiger partial charge >= 0.3 is 5.97 Å². The summed E-state index contributed by atoms with van der Waals surface area (Å²) in [7, 11) is 9.96. The second-order valence-electron chi connectivity index (χ2n) is 26.2. The van der Waals surface area contributed by atoms with E-state index in [1.165, 1.54) is 75.2 Å². The molecular formula is C83H87ClN20O18. The Balaban J connectivity index is 0.000000158. The zero-order valence-electron chi connectivity index (χ0n) is 67.4. The van der Waals surface area contributed by atoms with Crippen molar-refractivity contribution in [3.05, 3.63) is 265 Å². The van der Waals surface area contributed by atoms with Gasteiger partial charge in [0.25, 0.3) is 23.0 Å². The maximum absolute atomic E-state index is 11.7. The number of benzene rings is 7. The molecule has 634 valence electrons. The van der Waals surface area contributed by atoms with Gasteiger partial charge in [0.15, 0.2) is 12.6 Å². The second kappa shape index (κ2) is 44.4. The third-order valence-corrected chi connectivity index (χ3v) is 18.4. The first-order chi connectivity index (χ1) is 58.9. The SMILES string of the molecule is COC(CN)OC.COC(CNC(=O)c1ccc([N+](=O)[O-])cc1)OC.Cc1nn(C)c2cc(-c3cc(Cl)nc(N4CCOCC4)n3)ccc12.Cc1nn(C)c2cc(-c3cc(Nc4ccc(-c5ncco5)cc4)nc(N4CCOCC4)n3)ccc12.Nc1ccc(-c2ncco2)cc1.O=C(O)c1ccc([N+](=O)[O-])cc1.O=[N+]([O-])c1ccc(-c2ncco2)cc1. The van der Waals surface area contributed by atoms with Crippen LogP contribution in [0.1, 0.15) is 32.1 Å².